The molecule has 0 radical (unpaired) electrons. The molecule has 2 unspecified atom stereocenters. The smallest absolute Gasteiger partial charge is 0.410 e. The summed E-state index contributed by atoms with van der Waals surface area (Å²) >= 11 is 0. The Morgan fingerprint density at radius 2 is 2.12 bits per heavy atom. The van der Waals surface area contributed by atoms with Crippen LogP contribution in [0.2, 0.25) is 0 Å². The molecule has 0 spiro atoms. The highest BCUT2D eigenvalue weighted by Gasteiger charge is 2.36. The third-order valence-electron chi connectivity index (χ3n) is 4.92. The Hall–Kier alpha value is -2.01. The van der Waals surface area contributed by atoms with Crippen molar-refractivity contribution in [3.05, 3.63) is 36.0 Å². The number of para-hydroxylation sites is 1. The Morgan fingerprint density at radius 1 is 1.36 bits per heavy atom. The average molecular weight is 343 g/mol. The SMILES string of the molecule is CC(C)(C)OC(=O)N1CCCCC1C(CN)c1c[nH]c2ccccc12. The van der Waals surface area contributed by atoms with E-state index < -0.39 is 5.60 Å². The van der Waals surface area contributed by atoms with Gasteiger partial charge in [0, 0.05) is 42.1 Å². The summed E-state index contributed by atoms with van der Waals surface area (Å²) in [6.45, 7) is 6.96. The highest BCUT2D eigenvalue weighted by atomic mass is 16.6. The Bertz CT molecular complexity index is 732. The zero-order valence-electron chi connectivity index (χ0n) is 15.4. The topological polar surface area (TPSA) is 71.3 Å². The van der Waals surface area contributed by atoms with E-state index in [2.05, 4.69) is 17.1 Å². The fraction of sp³-hybridized carbons (Fsp3) is 0.550. The van der Waals surface area contributed by atoms with Gasteiger partial charge >= 0.3 is 6.09 Å². The molecule has 0 aliphatic carbocycles. The molecule has 0 bridgehead atoms. The molecule has 2 heterocycles. The maximum atomic E-state index is 12.7. The molecule has 3 rings (SSSR count). The number of carbonyl (C=O) groups is 1. The number of nitrogens with one attached hydrogen (secondary N) is 1. The van der Waals surface area contributed by atoms with Crippen molar-refractivity contribution in [2.75, 3.05) is 13.1 Å². The summed E-state index contributed by atoms with van der Waals surface area (Å²) in [5.74, 6) is 0.101. The van der Waals surface area contributed by atoms with Crippen LogP contribution in [0.5, 0.6) is 0 Å². The first kappa shape index (κ1) is 17.8. The standard InChI is InChI=1S/C20H29N3O2/c1-20(2,3)25-19(24)23-11-7-6-10-18(23)15(12-21)16-13-22-17-9-5-4-8-14(16)17/h4-5,8-9,13,15,18,22H,6-7,10-12,21H2,1-3H3. The predicted octanol–water partition coefficient (Wildman–Crippen LogP) is 4.00. The number of aromatic nitrogens is 1. The highest BCUT2D eigenvalue weighted by molar-refractivity contribution is 5.84. The molecule has 5 nitrogen and oxygen atoms in total. The van der Waals surface area contributed by atoms with Crippen LogP contribution in [0.3, 0.4) is 0 Å². The van der Waals surface area contributed by atoms with Crippen molar-refractivity contribution in [1.82, 2.24) is 9.88 Å². The van der Waals surface area contributed by atoms with Gasteiger partial charge in [-0.2, -0.15) is 0 Å². The number of H-pyrrole nitrogens is 1. The number of likely N-dealkylation sites (tertiary alicyclic amines) is 1. The minimum Gasteiger partial charge on any atom is -0.444 e. The minimum atomic E-state index is -0.488. The van der Waals surface area contributed by atoms with Crippen molar-refractivity contribution < 1.29 is 9.53 Å². The number of aromatic amines is 1. The van der Waals surface area contributed by atoms with Crippen LogP contribution >= 0.6 is 0 Å². The lowest BCUT2D eigenvalue weighted by atomic mass is 9.85. The van der Waals surface area contributed by atoms with Crippen molar-refractivity contribution in [2.24, 2.45) is 5.73 Å². The van der Waals surface area contributed by atoms with E-state index in [1.165, 1.54) is 10.9 Å². The molecular formula is C20H29N3O2. The summed E-state index contributed by atoms with van der Waals surface area (Å²) in [5.41, 5.74) is 7.99. The van der Waals surface area contributed by atoms with Crippen LogP contribution in [0.15, 0.2) is 30.5 Å². The maximum Gasteiger partial charge on any atom is 0.410 e. The third-order valence-corrected chi connectivity index (χ3v) is 4.92. The van der Waals surface area contributed by atoms with E-state index in [1.54, 1.807) is 0 Å². The van der Waals surface area contributed by atoms with E-state index in [0.717, 1.165) is 31.3 Å². The second kappa shape index (κ2) is 7.08. The van der Waals surface area contributed by atoms with Crippen molar-refractivity contribution in [2.45, 2.75) is 57.6 Å². The van der Waals surface area contributed by atoms with Gasteiger partial charge in [0.05, 0.1) is 0 Å². The van der Waals surface area contributed by atoms with E-state index in [0.29, 0.717) is 6.54 Å². The second-order valence-corrected chi connectivity index (χ2v) is 7.87. The first-order chi connectivity index (χ1) is 11.9. The van der Waals surface area contributed by atoms with Crippen LogP contribution in [-0.4, -0.2) is 40.7 Å². The van der Waals surface area contributed by atoms with Gasteiger partial charge in [-0.25, -0.2) is 4.79 Å². The number of ether oxygens (including phenoxy) is 1. The summed E-state index contributed by atoms with van der Waals surface area (Å²) < 4.78 is 5.65. The van der Waals surface area contributed by atoms with E-state index >= 15 is 0 Å². The van der Waals surface area contributed by atoms with Gasteiger partial charge in [-0.15, -0.1) is 0 Å². The number of rotatable bonds is 3. The number of nitrogens with zero attached hydrogens (tertiary/aromatic N) is 1. The number of benzene rings is 1. The van der Waals surface area contributed by atoms with Crippen molar-refractivity contribution >= 4 is 17.0 Å². The lowest BCUT2D eigenvalue weighted by Crippen LogP contribution is -2.50. The van der Waals surface area contributed by atoms with E-state index in [1.807, 2.05) is 44.0 Å². The predicted molar refractivity (Wildman–Crippen MR) is 101 cm³/mol. The van der Waals surface area contributed by atoms with Gasteiger partial charge in [-0.3, -0.25) is 0 Å². The number of piperidine rings is 1. The summed E-state index contributed by atoms with van der Waals surface area (Å²) in [7, 11) is 0. The molecule has 136 valence electrons. The monoisotopic (exact) mass is 343 g/mol. The van der Waals surface area contributed by atoms with Crippen molar-refractivity contribution in [3.63, 3.8) is 0 Å². The Morgan fingerprint density at radius 3 is 2.84 bits per heavy atom. The van der Waals surface area contributed by atoms with Gasteiger partial charge in [0.15, 0.2) is 0 Å². The quantitative estimate of drug-likeness (QED) is 0.885. The summed E-state index contributed by atoms with van der Waals surface area (Å²) in [5, 5.41) is 1.19. The molecule has 2 atom stereocenters. The fourth-order valence-corrected chi connectivity index (χ4v) is 3.81. The van der Waals surface area contributed by atoms with Gasteiger partial charge in [0.2, 0.25) is 0 Å². The Kier molecular flexibility index (Phi) is 5.04. The molecule has 1 amide bonds. The number of amides is 1. The Balaban J connectivity index is 1.90. The maximum absolute atomic E-state index is 12.7. The highest BCUT2D eigenvalue weighted by Crippen LogP contribution is 2.34. The zero-order valence-corrected chi connectivity index (χ0v) is 15.4. The van der Waals surface area contributed by atoms with Crippen molar-refractivity contribution in [1.29, 1.82) is 0 Å². The average Bonchev–Trinajstić information content (AvgIpc) is 2.99. The van der Waals surface area contributed by atoms with Gasteiger partial charge in [0.25, 0.3) is 0 Å². The fourth-order valence-electron chi connectivity index (χ4n) is 3.81. The second-order valence-electron chi connectivity index (χ2n) is 7.87. The molecule has 5 heteroatoms. The molecule has 3 N–H and O–H groups in total. The third kappa shape index (κ3) is 3.82. The van der Waals surface area contributed by atoms with Crippen LogP contribution in [0, 0.1) is 0 Å². The minimum absolute atomic E-state index is 0.0767. The van der Waals surface area contributed by atoms with Crippen LogP contribution in [0.1, 0.15) is 51.5 Å². The molecule has 1 saturated heterocycles. The largest absolute Gasteiger partial charge is 0.444 e. The van der Waals surface area contributed by atoms with Gasteiger partial charge in [0.1, 0.15) is 5.60 Å². The molecule has 1 aliphatic rings. The summed E-state index contributed by atoms with van der Waals surface area (Å²) in [6.07, 6.45) is 4.91. The van der Waals surface area contributed by atoms with E-state index in [-0.39, 0.29) is 18.1 Å². The number of fused-ring (bicyclic) bond motifs is 1. The van der Waals surface area contributed by atoms with Crippen LogP contribution < -0.4 is 5.73 Å². The molecule has 1 aromatic heterocycles. The van der Waals surface area contributed by atoms with Gasteiger partial charge in [-0.1, -0.05) is 18.2 Å². The Labute approximate surface area is 149 Å². The molecule has 1 aromatic carbocycles. The number of hydrogen-bond acceptors (Lipinski definition) is 3. The lowest BCUT2D eigenvalue weighted by Gasteiger charge is -2.40. The first-order valence-electron chi connectivity index (χ1n) is 9.16. The summed E-state index contributed by atoms with van der Waals surface area (Å²) in [4.78, 5) is 18.0. The zero-order chi connectivity index (χ0) is 18.0. The molecule has 0 saturated carbocycles. The van der Waals surface area contributed by atoms with E-state index in [4.69, 9.17) is 10.5 Å². The lowest BCUT2D eigenvalue weighted by molar-refractivity contribution is 0.00670. The molecule has 1 fully saturated rings. The van der Waals surface area contributed by atoms with E-state index in [9.17, 15) is 4.79 Å². The van der Waals surface area contributed by atoms with Gasteiger partial charge in [-0.05, 0) is 51.7 Å². The van der Waals surface area contributed by atoms with Crippen LogP contribution in [-0.2, 0) is 4.74 Å². The van der Waals surface area contributed by atoms with Crippen LogP contribution in [0.4, 0.5) is 4.79 Å². The van der Waals surface area contributed by atoms with Crippen molar-refractivity contribution in [3.8, 4) is 0 Å². The molecule has 2 aromatic rings. The first-order valence-corrected chi connectivity index (χ1v) is 9.16. The normalized spacial score (nSPS) is 19.8. The van der Waals surface area contributed by atoms with Gasteiger partial charge < -0.3 is 20.4 Å². The number of carbonyl (C=O) groups excluding carboxylic acids is 1. The summed E-state index contributed by atoms with van der Waals surface area (Å²) in [6, 6.07) is 8.32. The van der Waals surface area contributed by atoms with Crippen LogP contribution in [0.25, 0.3) is 10.9 Å². The molecular weight excluding hydrogens is 314 g/mol. The molecule has 1 aliphatic heterocycles. The number of hydrogen-bond donors (Lipinski definition) is 2. The molecule has 25 heavy (non-hydrogen) atoms. The number of nitrogens with two attached hydrogens (primary N) is 1.